The van der Waals surface area contributed by atoms with Crippen LogP contribution in [0.1, 0.15) is 43.7 Å². The van der Waals surface area contributed by atoms with Gasteiger partial charge in [0.1, 0.15) is 5.69 Å². The molecule has 0 bridgehead atoms. The van der Waals surface area contributed by atoms with Gasteiger partial charge in [0.15, 0.2) is 5.01 Å². The highest BCUT2D eigenvalue weighted by Crippen LogP contribution is 2.29. The number of amides is 2. The summed E-state index contributed by atoms with van der Waals surface area (Å²) in [7, 11) is 3.39. The summed E-state index contributed by atoms with van der Waals surface area (Å²) in [6.07, 6.45) is 1.56. The molecule has 3 heterocycles. The summed E-state index contributed by atoms with van der Waals surface area (Å²) >= 11 is 7.46. The molecule has 9 nitrogen and oxygen atoms in total. The minimum atomic E-state index is -0.439. The van der Waals surface area contributed by atoms with Crippen LogP contribution in [0.25, 0.3) is 10.9 Å². The maximum atomic E-state index is 13.1. The molecule has 1 aromatic carbocycles. The van der Waals surface area contributed by atoms with Crippen molar-refractivity contribution >= 4 is 64.0 Å². The number of fused-ring (bicyclic) bond motifs is 2. The quantitative estimate of drug-likeness (QED) is 0.419. The van der Waals surface area contributed by atoms with Crippen LogP contribution in [0.5, 0.6) is 0 Å². The van der Waals surface area contributed by atoms with Crippen LogP contribution in [-0.2, 0) is 22.5 Å². The number of rotatable bonds is 5. The van der Waals surface area contributed by atoms with Crippen LogP contribution >= 0.6 is 35.3 Å². The molecule has 0 radical (unpaired) electrons. The standard InChI is InChI=1S/C24H26ClN5O4S.ClH/c1-30-6-5-16-20(11-30)35-23(29-16)22(32)28-18-10-13(24(33)34-2)9-17(18)27-21(31)19-8-12-7-14(25)3-4-15(12)26-19;/h3-4,7-8,13,17-18,26H,5-6,9-11H2,1-2H3,(H,27,31)(H,28,32);1H/t13?,17-,18-;/m1./s1. The van der Waals surface area contributed by atoms with Gasteiger partial charge in [-0.05, 0) is 44.2 Å². The van der Waals surface area contributed by atoms with Crippen molar-refractivity contribution in [1.29, 1.82) is 0 Å². The summed E-state index contributed by atoms with van der Waals surface area (Å²) in [5.74, 6) is -1.38. The Hall–Kier alpha value is -2.66. The smallest absolute Gasteiger partial charge is 0.308 e. The fraction of sp³-hybridized carbons (Fsp3) is 0.417. The minimum Gasteiger partial charge on any atom is -0.469 e. The van der Waals surface area contributed by atoms with Gasteiger partial charge in [0.05, 0.1) is 30.8 Å². The maximum Gasteiger partial charge on any atom is 0.308 e. The zero-order valence-electron chi connectivity index (χ0n) is 19.8. The summed E-state index contributed by atoms with van der Waals surface area (Å²) in [4.78, 5) is 49.3. The number of hydrogen-bond donors (Lipinski definition) is 3. The number of nitrogens with zero attached hydrogens (tertiary/aromatic N) is 2. The number of hydrogen-bond acceptors (Lipinski definition) is 7. The first-order valence-corrected chi connectivity index (χ1v) is 12.6. The fourth-order valence-electron chi connectivity index (χ4n) is 4.84. The number of H-pyrrole nitrogens is 1. The van der Waals surface area contributed by atoms with E-state index in [1.165, 1.54) is 18.4 Å². The van der Waals surface area contributed by atoms with E-state index in [0.29, 0.717) is 28.6 Å². The lowest BCUT2D eigenvalue weighted by Crippen LogP contribution is -2.48. The van der Waals surface area contributed by atoms with Gasteiger partial charge in [0.2, 0.25) is 0 Å². The van der Waals surface area contributed by atoms with Gasteiger partial charge in [-0.15, -0.1) is 23.7 Å². The third-order valence-corrected chi connectivity index (χ3v) is 7.99. The van der Waals surface area contributed by atoms with E-state index in [9.17, 15) is 14.4 Å². The van der Waals surface area contributed by atoms with E-state index < -0.39 is 18.0 Å². The Bertz CT molecular complexity index is 1310. The Morgan fingerprint density at radius 3 is 2.61 bits per heavy atom. The van der Waals surface area contributed by atoms with Crippen molar-refractivity contribution in [1.82, 2.24) is 25.5 Å². The minimum absolute atomic E-state index is 0. The molecule has 2 aliphatic rings. The Kier molecular flexibility index (Phi) is 7.89. The summed E-state index contributed by atoms with van der Waals surface area (Å²) in [5, 5.41) is 7.82. The van der Waals surface area contributed by atoms with Crippen LogP contribution in [0, 0.1) is 5.92 Å². The van der Waals surface area contributed by atoms with E-state index >= 15 is 0 Å². The number of carbonyl (C=O) groups is 3. The van der Waals surface area contributed by atoms with Crippen molar-refractivity contribution < 1.29 is 19.1 Å². The van der Waals surface area contributed by atoms with Gasteiger partial charge in [-0.1, -0.05) is 11.6 Å². The van der Waals surface area contributed by atoms with Gasteiger partial charge in [0.25, 0.3) is 11.8 Å². The molecule has 3 N–H and O–H groups in total. The van der Waals surface area contributed by atoms with Gasteiger partial charge in [-0.2, -0.15) is 0 Å². The first-order chi connectivity index (χ1) is 16.8. The molecule has 3 atom stereocenters. The van der Waals surface area contributed by atoms with E-state index in [1.54, 1.807) is 18.2 Å². The molecule has 1 unspecified atom stereocenters. The highest BCUT2D eigenvalue weighted by molar-refractivity contribution is 7.13. The molecule has 1 aliphatic heterocycles. The van der Waals surface area contributed by atoms with E-state index in [1.807, 2.05) is 13.1 Å². The second-order valence-corrected chi connectivity index (χ2v) is 10.7. The average molecular weight is 552 g/mol. The van der Waals surface area contributed by atoms with E-state index in [0.717, 1.165) is 41.0 Å². The van der Waals surface area contributed by atoms with Crippen LogP contribution in [0.3, 0.4) is 0 Å². The molecule has 2 amide bonds. The predicted octanol–water partition coefficient (Wildman–Crippen LogP) is 3.17. The Balaban J connectivity index is 0.00000304. The number of carbonyl (C=O) groups excluding carboxylic acids is 3. The van der Waals surface area contributed by atoms with Crippen LogP contribution in [-0.4, -0.2) is 65.4 Å². The number of halogens is 2. The molecule has 1 fully saturated rings. The Labute approximate surface area is 223 Å². The Morgan fingerprint density at radius 2 is 1.89 bits per heavy atom. The number of esters is 1. The summed E-state index contributed by atoms with van der Waals surface area (Å²) < 4.78 is 4.93. The van der Waals surface area contributed by atoms with Crippen molar-refractivity contribution in [3.63, 3.8) is 0 Å². The molecule has 3 aromatic rings. The molecule has 192 valence electrons. The van der Waals surface area contributed by atoms with Crippen molar-refractivity contribution in [3.8, 4) is 0 Å². The lowest BCUT2D eigenvalue weighted by atomic mass is 10.1. The topological polar surface area (TPSA) is 116 Å². The third kappa shape index (κ3) is 5.36. The highest BCUT2D eigenvalue weighted by atomic mass is 35.5. The monoisotopic (exact) mass is 551 g/mol. The summed E-state index contributed by atoms with van der Waals surface area (Å²) in [6.45, 7) is 1.69. The second kappa shape index (κ2) is 10.8. The number of aromatic nitrogens is 2. The van der Waals surface area contributed by atoms with Crippen LogP contribution < -0.4 is 10.6 Å². The van der Waals surface area contributed by atoms with Gasteiger partial charge < -0.3 is 25.3 Å². The van der Waals surface area contributed by atoms with Crippen LogP contribution in [0.15, 0.2) is 24.3 Å². The average Bonchev–Trinajstić information content (AvgIpc) is 3.54. The molecule has 5 rings (SSSR count). The second-order valence-electron chi connectivity index (χ2n) is 9.14. The molecule has 36 heavy (non-hydrogen) atoms. The molecule has 1 aliphatic carbocycles. The van der Waals surface area contributed by atoms with Gasteiger partial charge >= 0.3 is 5.97 Å². The SMILES string of the molecule is COC(=O)C1C[C@@H](NC(=O)c2cc3cc(Cl)ccc3[nH]2)[C@H](NC(=O)c2nc3c(s2)CN(C)CC3)C1.Cl. The van der Waals surface area contributed by atoms with Gasteiger partial charge in [-0.25, -0.2) is 4.98 Å². The van der Waals surface area contributed by atoms with Crippen molar-refractivity contribution in [2.45, 2.75) is 37.9 Å². The largest absolute Gasteiger partial charge is 0.469 e. The molecular formula is C24H27Cl2N5O4S. The predicted molar refractivity (Wildman–Crippen MR) is 140 cm³/mol. The molecule has 0 spiro atoms. The number of benzene rings is 1. The van der Waals surface area contributed by atoms with E-state index in [4.69, 9.17) is 16.3 Å². The first kappa shape index (κ1) is 26.4. The zero-order valence-corrected chi connectivity index (χ0v) is 22.2. The maximum absolute atomic E-state index is 13.1. The number of ether oxygens (including phenoxy) is 1. The lowest BCUT2D eigenvalue weighted by Gasteiger charge is -2.21. The number of thiazole rings is 1. The summed E-state index contributed by atoms with van der Waals surface area (Å²) in [6, 6.07) is 6.20. The van der Waals surface area contributed by atoms with Crippen molar-refractivity contribution in [2.24, 2.45) is 5.92 Å². The van der Waals surface area contributed by atoms with Crippen LogP contribution in [0.2, 0.25) is 5.02 Å². The zero-order chi connectivity index (χ0) is 24.7. The molecule has 12 heteroatoms. The normalized spacial score (nSPS) is 21.5. The molecular weight excluding hydrogens is 525 g/mol. The first-order valence-electron chi connectivity index (χ1n) is 11.5. The Morgan fingerprint density at radius 1 is 1.17 bits per heavy atom. The molecule has 2 aromatic heterocycles. The van der Waals surface area contributed by atoms with Crippen LogP contribution in [0.4, 0.5) is 0 Å². The van der Waals surface area contributed by atoms with E-state index in [2.05, 4.69) is 25.5 Å². The fourth-order valence-corrected chi connectivity index (χ4v) is 6.11. The highest BCUT2D eigenvalue weighted by Gasteiger charge is 2.40. The van der Waals surface area contributed by atoms with E-state index in [-0.39, 0.29) is 30.2 Å². The number of likely N-dealkylation sites (N-methyl/N-ethyl adjacent to an activating group) is 1. The number of methoxy groups -OCH3 is 1. The lowest BCUT2D eigenvalue weighted by molar-refractivity contribution is -0.145. The number of aromatic amines is 1. The van der Waals surface area contributed by atoms with Crippen molar-refractivity contribution in [2.75, 3.05) is 20.7 Å². The van der Waals surface area contributed by atoms with Crippen molar-refractivity contribution in [3.05, 3.63) is 50.6 Å². The molecule has 1 saturated carbocycles. The third-order valence-electron chi connectivity index (χ3n) is 6.67. The van der Waals surface area contributed by atoms with Gasteiger partial charge in [-0.3, -0.25) is 14.4 Å². The molecule has 0 saturated heterocycles. The van der Waals surface area contributed by atoms with Gasteiger partial charge in [0, 0.05) is 40.3 Å². The number of nitrogens with one attached hydrogen (secondary N) is 3. The summed E-state index contributed by atoms with van der Waals surface area (Å²) in [5.41, 5.74) is 2.15.